The molecule has 1 aliphatic heterocycles. The number of hydrogen-bond donors (Lipinski definition) is 1. The normalized spacial score (nSPS) is 17.6. The first-order valence-electron chi connectivity index (χ1n) is 5.07. The van der Waals surface area contributed by atoms with E-state index in [0.29, 0.717) is 24.5 Å². The van der Waals surface area contributed by atoms with Gasteiger partial charge in [0, 0.05) is 19.1 Å². The van der Waals surface area contributed by atoms with Crippen LogP contribution < -0.4 is 5.32 Å². The van der Waals surface area contributed by atoms with Crippen molar-refractivity contribution in [2.45, 2.75) is 24.8 Å². The Morgan fingerprint density at radius 2 is 2.00 bits per heavy atom. The summed E-state index contributed by atoms with van der Waals surface area (Å²) >= 11 is 0. The SMILES string of the molecule is CNC1CN(S(=O)(=O)c2c(C)noc2C)C1.Cl. The van der Waals surface area contributed by atoms with Gasteiger partial charge in [0.15, 0.2) is 5.76 Å². The smallest absolute Gasteiger partial charge is 0.248 e. The molecule has 1 aromatic heterocycles. The zero-order chi connectivity index (χ0) is 11.9. The standard InChI is InChI=1S/C9H15N3O3S.ClH/c1-6-9(7(2)15-11-6)16(13,14)12-4-8(5-12)10-3;/h8,10H,4-5H2,1-3H3;1H. The van der Waals surface area contributed by atoms with Gasteiger partial charge >= 0.3 is 0 Å². The van der Waals surface area contributed by atoms with Crippen LogP contribution in [0.3, 0.4) is 0 Å². The van der Waals surface area contributed by atoms with E-state index in [2.05, 4.69) is 10.5 Å². The highest BCUT2D eigenvalue weighted by Crippen LogP contribution is 2.26. The molecule has 0 saturated carbocycles. The molecule has 0 unspecified atom stereocenters. The topological polar surface area (TPSA) is 75.4 Å². The van der Waals surface area contributed by atoms with Crippen molar-refractivity contribution in [1.29, 1.82) is 0 Å². The fourth-order valence-corrected chi connectivity index (χ4v) is 3.61. The molecule has 1 N–H and O–H groups in total. The number of rotatable bonds is 3. The zero-order valence-electron chi connectivity index (χ0n) is 9.93. The molecular formula is C9H16ClN3O3S. The van der Waals surface area contributed by atoms with Crippen molar-refractivity contribution in [2.75, 3.05) is 20.1 Å². The summed E-state index contributed by atoms with van der Waals surface area (Å²) in [4.78, 5) is 0.210. The molecule has 1 aliphatic rings. The quantitative estimate of drug-likeness (QED) is 0.863. The molecule has 0 aromatic carbocycles. The molecule has 0 aliphatic carbocycles. The first-order chi connectivity index (χ1) is 7.46. The van der Waals surface area contributed by atoms with Crippen LogP contribution >= 0.6 is 12.4 Å². The van der Waals surface area contributed by atoms with Gasteiger partial charge in [-0.15, -0.1) is 12.4 Å². The Hall–Kier alpha value is -0.630. The van der Waals surface area contributed by atoms with Crippen LogP contribution in [0.4, 0.5) is 0 Å². The van der Waals surface area contributed by atoms with E-state index >= 15 is 0 Å². The van der Waals surface area contributed by atoms with E-state index in [0.717, 1.165) is 0 Å². The highest BCUT2D eigenvalue weighted by Gasteiger charge is 2.38. The molecule has 0 bridgehead atoms. The Morgan fingerprint density at radius 1 is 1.41 bits per heavy atom. The second kappa shape index (κ2) is 4.93. The van der Waals surface area contributed by atoms with Crippen LogP contribution in [-0.4, -0.2) is 44.1 Å². The van der Waals surface area contributed by atoms with Gasteiger partial charge in [0.25, 0.3) is 0 Å². The zero-order valence-corrected chi connectivity index (χ0v) is 11.6. The number of sulfonamides is 1. The van der Waals surface area contributed by atoms with E-state index in [1.165, 1.54) is 4.31 Å². The third-order valence-electron chi connectivity index (χ3n) is 2.82. The lowest BCUT2D eigenvalue weighted by molar-refractivity contribution is 0.236. The molecule has 0 radical (unpaired) electrons. The van der Waals surface area contributed by atoms with E-state index in [4.69, 9.17) is 4.52 Å². The van der Waals surface area contributed by atoms with Crippen molar-refractivity contribution in [1.82, 2.24) is 14.8 Å². The third-order valence-corrected chi connectivity index (χ3v) is 4.90. The summed E-state index contributed by atoms with van der Waals surface area (Å²) in [7, 11) is -1.60. The van der Waals surface area contributed by atoms with Gasteiger partial charge in [-0.3, -0.25) is 0 Å². The Kier molecular flexibility index (Phi) is 4.19. The molecule has 0 spiro atoms. The van der Waals surface area contributed by atoms with Crippen molar-refractivity contribution < 1.29 is 12.9 Å². The first kappa shape index (κ1) is 14.4. The van der Waals surface area contributed by atoms with Crippen LogP contribution in [0.2, 0.25) is 0 Å². The Bertz CT molecular complexity index is 474. The molecule has 2 rings (SSSR count). The average Bonchev–Trinajstić information content (AvgIpc) is 2.44. The van der Waals surface area contributed by atoms with Gasteiger partial charge in [0.2, 0.25) is 10.0 Å². The Morgan fingerprint density at radius 3 is 2.41 bits per heavy atom. The molecule has 98 valence electrons. The van der Waals surface area contributed by atoms with Crippen molar-refractivity contribution in [3.05, 3.63) is 11.5 Å². The monoisotopic (exact) mass is 281 g/mol. The van der Waals surface area contributed by atoms with Crippen LogP contribution in [0.1, 0.15) is 11.5 Å². The maximum Gasteiger partial charge on any atom is 0.248 e. The lowest BCUT2D eigenvalue weighted by Crippen LogP contribution is -2.58. The summed E-state index contributed by atoms with van der Waals surface area (Å²) in [6.45, 7) is 4.26. The van der Waals surface area contributed by atoms with Gasteiger partial charge in [0.1, 0.15) is 10.6 Å². The van der Waals surface area contributed by atoms with Gasteiger partial charge in [-0.25, -0.2) is 8.42 Å². The molecule has 17 heavy (non-hydrogen) atoms. The van der Waals surface area contributed by atoms with Gasteiger partial charge in [-0.2, -0.15) is 4.31 Å². The van der Waals surface area contributed by atoms with Crippen LogP contribution in [0.15, 0.2) is 9.42 Å². The van der Waals surface area contributed by atoms with Crippen LogP contribution in [0.25, 0.3) is 0 Å². The second-order valence-electron chi connectivity index (χ2n) is 3.96. The lowest BCUT2D eigenvalue weighted by atomic mass is 10.2. The summed E-state index contributed by atoms with van der Waals surface area (Å²) in [6, 6.07) is 0.246. The number of nitrogens with zero attached hydrogens (tertiary/aromatic N) is 2. The number of likely N-dealkylation sites (N-methyl/N-ethyl adjacent to an activating group) is 1. The minimum atomic E-state index is -3.43. The average molecular weight is 282 g/mol. The summed E-state index contributed by atoms with van der Waals surface area (Å²) in [5.74, 6) is 0.352. The molecular weight excluding hydrogens is 266 g/mol. The molecule has 1 saturated heterocycles. The van der Waals surface area contributed by atoms with Crippen LogP contribution in [0, 0.1) is 13.8 Å². The molecule has 0 atom stereocenters. The maximum absolute atomic E-state index is 12.2. The van der Waals surface area contributed by atoms with Gasteiger partial charge in [0.05, 0.1) is 0 Å². The predicted octanol–water partition coefficient (Wildman–Crippen LogP) is 0.306. The third kappa shape index (κ3) is 2.33. The van der Waals surface area contributed by atoms with E-state index < -0.39 is 10.0 Å². The van der Waals surface area contributed by atoms with Crippen molar-refractivity contribution in [3.63, 3.8) is 0 Å². The fraction of sp³-hybridized carbons (Fsp3) is 0.667. The number of nitrogens with one attached hydrogen (secondary N) is 1. The van der Waals surface area contributed by atoms with E-state index in [1.54, 1.807) is 13.8 Å². The molecule has 1 fully saturated rings. The van der Waals surface area contributed by atoms with E-state index in [9.17, 15) is 8.42 Å². The summed E-state index contributed by atoms with van der Waals surface area (Å²) in [5.41, 5.74) is 0.422. The highest BCUT2D eigenvalue weighted by molar-refractivity contribution is 7.89. The van der Waals surface area contributed by atoms with Crippen molar-refractivity contribution in [3.8, 4) is 0 Å². The highest BCUT2D eigenvalue weighted by atomic mass is 35.5. The molecule has 0 amide bonds. The number of hydrogen-bond acceptors (Lipinski definition) is 5. The Labute approximate surface area is 107 Å². The number of halogens is 1. The van der Waals surface area contributed by atoms with E-state index in [1.807, 2.05) is 7.05 Å². The number of aryl methyl sites for hydroxylation is 2. The second-order valence-corrected chi connectivity index (χ2v) is 5.84. The molecule has 6 nitrogen and oxygen atoms in total. The van der Waals surface area contributed by atoms with Crippen molar-refractivity contribution in [2.24, 2.45) is 0 Å². The number of aromatic nitrogens is 1. The van der Waals surface area contributed by atoms with Gasteiger partial charge in [-0.1, -0.05) is 5.16 Å². The van der Waals surface area contributed by atoms with Crippen LogP contribution in [-0.2, 0) is 10.0 Å². The van der Waals surface area contributed by atoms with Gasteiger partial charge in [-0.05, 0) is 20.9 Å². The molecule has 8 heteroatoms. The lowest BCUT2D eigenvalue weighted by Gasteiger charge is -2.37. The van der Waals surface area contributed by atoms with E-state index in [-0.39, 0.29) is 23.3 Å². The minimum Gasteiger partial charge on any atom is -0.360 e. The van der Waals surface area contributed by atoms with Crippen molar-refractivity contribution >= 4 is 22.4 Å². The summed E-state index contributed by atoms with van der Waals surface area (Å²) in [5, 5.41) is 6.70. The summed E-state index contributed by atoms with van der Waals surface area (Å²) < 4.78 is 30.7. The maximum atomic E-state index is 12.2. The summed E-state index contributed by atoms with van der Waals surface area (Å²) in [6.07, 6.45) is 0. The van der Waals surface area contributed by atoms with Gasteiger partial charge < -0.3 is 9.84 Å². The van der Waals surface area contributed by atoms with Crippen LogP contribution in [0.5, 0.6) is 0 Å². The Balaban J connectivity index is 0.00000144. The molecule has 1 aromatic rings. The molecule has 2 heterocycles. The first-order valence-corrected chi connectivity index (χ1v) is 6.51. The fourth-order valence-electron chi connectivity index (χ4n) is 1.79. The predicted molar refractivity (Wildman–Crippen MR) is 64.8 cm³/mol. The largest absolute Gasteiger partial charge is 0.360 e. The minimum absolute atomic E-state index is 0.